The lowest BCUT2D eigenvalue weighted by Crippen LogP contribution is -2.26. The van der Waals surface area contributed by atoms with Crippen LogP contribution in [0.3, 0.4) is 0 Å². The molecule has 2 aliphatic rings. The van der Waals surface area contributed by atoms with Crippen molar-refractivity contribution in [1.82, 2.24) is 5.01 Å². The van der Waals surface area contributed by atoms with Crippen molar-refractivity contribution in [2.75, 3.05) is 33.2 Å². The highest BCUT2D eigenvalue weighted by Gasteiger charge is 2.37. The fourth-order valence-corrected chi connectivity index (χ4v) is 5.08. The van der Waals surface area contributed by atoms with Crippen LogP contribution >= 0.6 is 11.8 Å². The number of hydrazone groups is 1. The summed E-state index contributed by atoms with van der Waals surface area (Å²) >= 11 is 1.13. The number of ether oxygens (including phenoxy) is 2. The van der Waals surface area contributed by atoms with Crippen LogP contribution in [0, 0.1) is 0 Å². The van der Waals surface area contributed by atoms with Gasteiger partial charge in [0.15, 0.2) is 5.84 Å². The number of amidine groups is 1. The van der Waals surface area contributed by atoms with Gasteiger partial charge in [-0.25, -0.2) is 5.01 Å². The van der Waals surface area contributed by atoms with Gasteiger partial charge in [-0.15, -0.1) is 0 Å². The van der Waals surface area contributed by atoms with Crippen molar-refractivity contribution in [3.63, 3.8) is 0 Å². The molecule has 3 aromatic carbocycles. The van der Waals surface area contributed by atoms with Crippen LogP contribution in [0.15, 0.2) is 87.8 Å². The average molecular weight is 513 g/mol. The number of rotatable bonds is 6. The third-order valence-corrected chi connectivity index (χ3v) is 7.16. The van der Waals surface area contributed by atoms with Crippen molar-refractivity contribution in [2.45, 2.75) is 12.5 Å². The van der Waals surface area contributed by atoms with Crippen LogP contribution in [0.1, 0.15) is 29.2 Å². The molecule has 2 heterocycles. The van der Waals surface area contributed by atoms with Crippen molar-refractivity contribution in [3.05, 3.63) is 94.4 Å². The Morgan fingerprint density at radius 3 is 2.14 bits per heavy atom. The van der Waals surface area contributed by atoms with Crippen LogP contribution in [-0.4, -0.2) is 50.1 Å². The summed E-state index contributed by atoms with van der Waals surface area (Å²) in [6.45, 7) is 0. The molecule has 0 N–H and O–H groups in total. The van der Waals surface area contributed by atoms with E-state index >= 15 is 0 Å². The lowest BCUT2D eigenvalue weighted by atomic mass is 9.98. The predicted octanol–water partition coefficient (Wildman–Crippen LogP) is 6.23. The largest absolute Gasteiger partial charge is 0.497 e. The van der Waals surface area contributed by atoms with Crippen LogP contribution in [0.25, 0.3) is 6.08 Å². The highest BCUT2D eigenvalue weighted by Crippen LogP contribution is 2.40. The maximum Gasteiger partial charge on any atom is 0.311 e. The number of nitrogens with zero attached hydrogens (tertiary/aromatic N) is 4. The van der Waals surface area contributed by atoms with Gasteiger partial charge in [0.1, 0.15) is 11.5 Å². The summed E-state index contributed by atoms with van der Waals surface area (Å²) in [5.41, 5.74) is 5.10. The van der Waals surface area contributed by atoms with Gasteiger partial charge in [-0.05, 0) is 83.1 Å². The Kier molecular flexibility index (Phi) is 7.01. The Morgan fingerprint density at radius 1 is 0.919 bits per heavy atom. The minimum absolute atomic E-state index is 0.118. The number of hydrogen-bond donors (Lipinski definition) is 0. The first-order valence-corrected chi connectivity index (χ1v) is 12.7. The first-order valence-electron chi connectivity index (χ1n) is 11.9. The molecule has 0 bridgehead atoms. The lowest BCUT2D eigenvalue weighted by Gasteiger charge is -2.24. The van der Waals surface area contributed by atoms with Gasteiger partial charge < -0.3 is 14.4 Å². The Balaban J connectivity index is 1.53. The molecule has 7 nitrogen and oxygen atoms in total. The second-order valence-electron chi connectivity index (χ2n) is 8.91. The highest BCUT2D eigenvalue weighted by atomic mass is 32.2. The van der Waals surface area contributed by atoms with E-state index in [0.717, 1.165) is 56.3 Å². The van der Waals surface area contributed by atoms with Gasteiger partial charge in [0.05, 0.1) is 30.9 Å². The number of amides is 1. The molecule has 0 aromatic heterocycles. The zero-order valence-electron chi connectivity index (χ0n) is 21.2. The summed E-state index contributed by atoms with van der Waals surface area (Å²) in [6.07, 6.45) is 2.67. The number of anilines is 1. The number of aliphatic imine (C=N–C) groups is 1. The fraction of sp³-hybridized carbons (Fsp3) is 0.207. The summed E-state index contributed by atoms with van der Waals surface area (Å²) < 4.78 is 10.7. The summed E-state index contributed by atoms with van der Waals surface area (Å²) in [7, 11) is 7.32. The molecule has 0 spiro atoms. The summed E-state index contributed by atoms with van der Waals surface area (Å²) in [4.78, 5) is 19.8. The van der Waals surface area contributed by atoms with Crippen LogP contribution < -0.4 is 14.4 Å². The molecule has 3 aromatic rings. The Morgan fingerprint density at radius 2 is 1.54 bits per heavy atom. The number of benzene rings is 3. The van der Waals surface area contributed by atoms with E-state index in [0.29, 0.717) is 12.3 Å². The highest BCUT2D eigenvalue weighted by molar-refractivity contribution is 8.18. The second-order valence-corrected chi connectivity index (χ2v) is 9.90. The topological polar surface area (TPSA) is 66.7 Å². The van der Waals surface area contributed by atoms with Crippen molar-refractivity contribution in [1.29, 1.82) is 0 Å². The van der Waals surface area contributed by atoms with Crippen molar-refractivity contribution < 1.29 is 14.3 Å². The van der Waals surface area contributed by atoms with E-state index in [-0.39, 0.29) is 11.3 Å². The van der Waals surface area contributed by atoms with Crippen molar-refractivity contribution in [3.8, 4) is 11.5 Å². The lowest BCUT2D eigenvalue weighted by molar-refractivity contribution is 0.267. The molecular weight excluding hydrogens is 484 g/mol. The standard InChI is InChI=1S/C29H28N4O3S/c1-32(2)22-11-5-19(6-12-22)17-27-28(30-29(34)37-27)33-26(21-9-15-24(36-4)16-10-21)18-25(31-33)20-7-13-23(35-3)14-8-20/h5-17,26H,18H2,1-4H3/b27-17-. The number of carbonyl (C=O) groups is 1. The molecule has 2 aliphatic heterocycles. The Hall–Kier alpha value is -4.04. The zero-order chi connectivity index (χ0) is 25.9. The molecule has 0 saturated heterocycles. The molecule has 1 amide bonds. The smallest absolute Gasteiger partial charge is 0.311 e. The van der Waals surface area contributed by atoms with Gasteiger partial charge in [0.25, 0.3) is 0 Å². The Labute approximate surface area is 221 Å². The number of carbonyl (C=O) groups excluding carboxylic acids is 1. The number of hydrogen-bond acceptors (Lipinski definition) is 7. The molecule has 0 saturated carbocycles. The quantitative estimate of drug-likeness (QED) is 0.390. The molecule has 8 heteroatoms. The van der Waals surface area contributed by atoms with Crippen LogP contribution in [0.4, 0.5) is 10.5 Å². The first kappa shape index (κ1) is 24.6. The Bertz CT molecular complexity index is 1380. The molecule has 188 valence electrons. The third kappa shape index (κ3) is 5.24. The van der Waals surface area contributed by atoms with Crippen molar-refractivity contribution in [2.24, 2.45) is 10.1 Å². The first-order chi connectivity index (χ1) is 17.9. The van der Waals surface area contributed by atoms with Gasteiger partial charge in [0.2, 0.25) is 0 Å². The minimum Gasteiger partial charge on any atom is -0.497 e. The van der Waals surface area contributed by atoms with Gasteiger partial charge in [-0.2, -0.15) is 10.1 Å². The van der Waals surface area contributed by atoms with Gasteiger partial charge >= 0.3 is 5.24 Å². The molecule has 1 atom stereocenters. The SMILES string of the molecule is COc1ccc(C2=NN(C3=NC(=O)S/C3=C\c3ccc(N(C)C)cc3)C(c3ccc(OC)cc3)C2)cc1. The van der Waals surface area contributed by atoms with E-state index in [9.17, 15) is 4.79 Å². The van der Waals surface area contributed by atoms with E-state index < -0.39 is 0 Å². The van der Waals surface area contributed by atoms with Gasteiger partial charge in [-0.1, -0.05) is 24.3 Å². The third-order valence-electron chi connectivity index (χ3n) is 6.37. The minimum atomic E-state index is -0.243. The van der Waals surface area contributed by atoms with E-state index in [1.54, 1.807) is 14.2 Å². The number of methoxy groups -OCH3 is 2. The average Bonchev–Trinajstić information content (AvgIpc) is 3.52. The fourth-order valence-electron chi connectivity index (χ4n) is 4.33. The molecule has 1 unspecified atom stereocenters. The molecule has 5 rings (SSSR count). The maximum absolute atomic E-state index is 12.5. The van der Waals surface area contributed by atoms with Crippen LogP contribution in [0.5, 0.6) is 11.5 Å². The summed E-state index contributed by atoms with van der Waals surface area (Å²) in [5, 5.41) is 6.64. The van der Waals surface area contributed by atoms with Crippen LogP contribution in [-0.2, 0) is 0 Å². The van der Waals surface area contributed by atoms with Crippen LogP contribution in [0.2, 0.25) is 0 Å². The van der Waals surface area contributed by atoms with E-state index in [1.165, 1.54) is 0 Å². The molecule has 37 heavy (non-hydrogen) atoms. The van der Waals surface area contributed by atoms with E-state index in [4.69, 9.17) is 14.6 Å². The van der Waals surface area contributed by atoms with Gasteiger partial charge in [0, 0.05) is 26.2 Å². The van der Waals surface area contributed by atoms with Crippen molar-refractivity contribution >= 4 is 40.3 Å². The normalized spacial score (nSPS) is 18.2. The number of thioether (sulfide) groups is 1. The monoisotopic (exact) mass is 512 g/mol. The summed E-state index contributed by atoms with van der Waals surface area (Å²) in [5.74, 6) is 2.14. The molecule has 0 fully saturated rings. The van der Waals surface area contributed by atoms with E-state index in [1.807, 2.05) is 85.8 Å². The summed E-state index contributed by atoms with van der Waals surface area (Å²) in [6, 6.07) is 23.9. The maximum atomic E-state index is 12.5. The predicted molar refractivity (Wildman–Crippen MR) is 151 cm³/mol. The zero-order valence-corrected chi connectivity index (χ0v) is 22.0. The molecular formula is C29H28N4O3S. The van der Waals surface area contributed by atoms with Gasteiger partial charge in [-0.3, -0.25) is 4.79 Å². The molecule has 0 aliphatic carbocycles. The van der Waals surface area contributed by atoms with E-state index in [2.05, 4.69) is 22.0 Å². The second kappa shape index (κ2) is 10.5. The molecule has 0 radical (unpaired) electrons.